The molecule has 4 heterocycles. The number of aryl methyl sites for hydroxylation is 3. The van der Waals surface area contributed by atoms with E-state index in [2.05, 4.69) is 48.7 Å². The summed E-state index contributed by atoms with van der Waals surface area (Å²) in [7, 11) is 4.31. The number of hydrogen-bond acceptors (Lipinski definition) is 4. The first-order valence-electron chi connectivity index (χ1n) is 11.8. The van der Waals surface area contributed by atoms with Gasteiger partial charge in [0.2, 0.25) is 5.92 Å². The maximum atomic E-state index is 13.9. The third kappa shape index (κ3) is 3.85. The lowest BCUT2D eigenvalue weighted by Crippen LogP contribution is -2.45. The molecule has 0 radical (unpaired) electrons. The third-order valence-electron chi connectivity index (χ3n) is 7.52. The van der Waals surface area contributed by atoms with Crippen molar-refractivity contribution in [1.29, 1.82) is 0 Å². The van der Waals surface area contributed by atoms with Crippen LogP contribution in [0, 0.1) is 26.7 Å². The third-order valence-corrected chi connectivity index (χ3v) is 7.52. The molecule has 1 fully saturated rings. The summed E-state index contributed by atoms with van der Waals surface area (Å²) in [6.07, 6.45) is 6.73. The summed E-state index contributed by atoms with van der Waals surface area (Å²) in [5.41, 5.74) is 7.45. The van der Waals surface area contributed by atoms with Gasteiger partial charge in [0.05, 0.1) is 16.7 Å². The maximum absolute atomic E-state index is 13.9. The van der Waals surface area contributed by atoms with Gasteiger partial charge in [-0.2, -0.15) is 0 Å². The lowest BCUT2D eigenvalue weighted by Gasteiger charge is -2.41. The Balaban J connectivity index is 1.69. The highest BCUT2D eigenvalue weighted by atomic mass is 19.3. The Morgan fingerprint density at radius 2 is 1.76 bits per heavy atom. The summed E-state index contributed by atoms with van der Waals surface area (Å²) in [4.78, 5) is 9.36. The van der Waals surface area contributed by atoms with Crippen LogP contribution >= 0.6 is 0 Å². The van der Waals surface area contributed by atoms with Crippen molar-refractivity contribution >= 4 is 26.7 Å². The van der Waals surface area contributed by atoms with Gasteiger partial charge in [-0.05, 0) is 57.0 Å². The van der Waals surface area contributed by atoms with Crippen molar-refractivity contribution in [3.05, 3.63) is 53.9 Å². The van der Waals surface area contributed by atoms with Crippen molar-refractivity contribution in [3.63, 3.8) is 0 Å². The molecule has 4 aromatic rings. The van der Waals surface area contributed by atoms with Crippen LogP contribution in [0.3, 0.4) is 0 Å². The van der Waals surface area contributed by atoms with E-state index in [-0.39, 0.29) is 24.1 Å². The molecule has 174 valence electrons. The van der Waals surface area contributed by atoms with Crippen molar-refractivity contribution in [2.24, 2.45) is 5.92 Å². The molecule has 34 heavy (non-hydrogen) atoms. The fourth-order valence-corrected chi connectivity index (χ4v) is 5.39. The first-order valence-corrected chi connectivity index (χ1v) is 11.8. The van der Waals surface area contributed by atoms with E-state index >= 15 is 0 Å². The predicted octanol–water partition coefficient (Wildman–Crippen LogP) is 4.38. The smallest absolute Gasteiger partial charge is 0.248 e. The van der Waals surface area contributed by atoms with E-state index < -0.39 is 5.92 Å². The number of fused-ring (bicyclic) bond motifs is 1. The van der Waals surface area contributed by atoms with Crippen LogP contribution in [0.1, 0.15) is 42.8 Å². The van der Waals surface area contributed by atoms with E-state index in [1.54, 1.807) is 0 Å². The van der Waals surface area contributed by atoms with Gasteiger partial charge in [0, 0.05) is 59.4 Å². The minimum atomic E-state index is -2.55. The fourth-order valence-electron chi connectivity index (χ4n) is 5.39. The van der Waals surface area contributed by atoms with E-state index in [9.17, 15) is 8.78 Å². The normalized spacial score (nSPS) is 16.9. The fraction of sp³-hybridized carbons (Fsp3) is 0.400. The molecule has 0 amide bonds. The lowest BCUT2D eigenvalue weighted by molar-refractivity contribution is -0.0498. The van der Waals surface area contributed by atoms with E-state index in [1.807, 2.05) is 39.2 Å². The second-order valence-electron chi connectivity index (χ2n) is 10.2. The van der Waals surface area contributed by atoms with Crippen molar-refractivity contribution in [2.45, 2.75) is 57.7 Å². The molecular formula is C25H28B2F2N4O. The number of hydrogen-bond donors (Lipinski definition) is 0. The van der Waals surface area contributed by atoms with Gasteiger partial charge in [0.15, 0.2) is 0 Å². The van der Waals surface area contributed by atoms with Gasteiger partial charge in [-0.3, -0.25) is 9.97 Å². The average Bonchev–Trinajstić information content (AvgIpc) is 3.33. The molecule has 9 heteroatoms. The molecule has 0 N–H and O–H groups in total. The number of halogens is 2. The molecule has 0 bridgehead atoms. The van der Waals surface area contributed by atoms with Crippen LogP contribution in [0.25, 0.3) is 33.3 Å². The van der Waals surface area contributed by atoms with Crippen LogP contribution in [0.4, 0.5) is 8.78 Å². The molecule has 1 saturated carbocycles. The van der Waals surface area contributed by atoms with Crippen molar-refractivity contribution in [1.82, 2.24) is 19.7 Å². The van der Waals surface area contributed by atoms with Gasteiger partial charge in [-0.15, -0.1) is 0 Å². The second kappa shape index (κ2) is 8.07. The van der Waals surface area contributed by atoms with Gasteiger partial charge in [-0.1, -0.05) is 11.2 Å². The van der Waals surface area contributed by atoms with Crippen LogP contribution in [0.2, 0.25) is 0 Å². The number of pyridine rings is 2. The zero-order chi connectivity index (χ0) is 24.3. The van der Waals surface area contributed by atoms with Crippen molar-refractivity contribution in [2.75, 3.05) is 0 Å². The van der Waals surface area contributed by atoms with E-state index in [0.717, 1.165) is 50.4 Å². The van der Waals surface area contributed by atoms with Gasteiger partial charge >= 0.3 is 0 Å². The van der Waals surface area contributed by atoms with Crippen molar-refractivity contribution < 1.29 is 13.3 Å². The lowest BCUT2D eigenvalue weighted by atomic mass is 9.52. The summed E-state index contributed by atoms with van der Waals surface area (Å²) < 4.78 is 35.5. The van der Waals surface area contributed by atoms with Crippen LogP contribution in [0.5, 0.6) is 0 Å². The van der Waals surface area contributed by atoms with Crippen LogP contribution in [0.15, 0.2) is 41.3 Å². The molecular weight excluding hydrogens is 432 g/mol. The van der Waals surface area contributed by atoms with Gasteiger partial charge < -0.3 is 9.09 Å². The highest BCUT2D eigenvalue weighted by Crippen LogP contribution is 2.43. The Morgan fingerprint density at radius 3 is 2.38 bits per heavy atom. The summed E-state index contributed by atoms with van der Waals surface area (Å²) >= 11 is 0. The molecule has 1 aliphatic carbocycles. The quantitative estimate of drug-likeness (QED) is 0.425. The van der Waals surface area contributed by atoms with Gasteiger partial charge in [0.1, 0.15) is 21.5 Å². The van der Waals surface area contributed by atoms with Gasteiger partial charge in [-0.25, -0.2) is 8.78 Å². The molecule has 1 aliphatic rings. The predicted molar refractivity (Wildman–Crippen MR) is 135 cm³/mol. The Kier molecular flexibility index (Phi) is 5.41. The molecule has 0 saturated heterocycles. The molecule has 0 aliphatic heterocycles. The van der Waals surface area contributed by atoms with Crippen LogP contribution in [-0.2, 0) is 5.34 Å². The number of alkyl halides is 2. The van der Waals surface area contributed by atoms with Gasteiger partial charge in [0.25, 0.3) is 0 Å². The topological polar surface area (TPSA) is 56.7 Å². The molecule has 0 atom stereocenters. The largest absolute Gasteiger partial charge is 0.361 e. The minimum absolute atomic E-state index is 0.0579. The van der Waals surface area contributed by atoms with E-state index in [4.69, 9.17) is 9.51 Å². The first kappa shape index (κ1) is 22.8. The second-order valence-corrected chi connectivity index (χ2v) is 10.2. The Labute approximate surface area is 199 Å². The summed E-state index contributed by atoms with van der Waals surface area (Å²) in [5.74, 6) is -1.68. The minimum Gasteiger partial charge on any atom is -0.361 e. The molecule has 0 spiro atoms. The van der Waals surface area contributed by atoms with Crippen LogP contribution in [-0.4, -0.2) is 41.3 Å². The zero-order valence-corrected chi connectivity index (χ0v) is 20.3. The Morgan fingerprint density at radius 1 is 1.06 bits per heavy atom. The molecule has 0 unspecified atom stereocenters. The average molecular weight is 460 g/mol. The monoisotopic (exact) mass is 460 g/mol. The zero-order valence-electron chi connectivity index (χ0n) is 20.3. The molecule has 5 nitrogen and oxygen atoms in total. The summed E-state index contributed by atoms with van der Waals surface area (Å²) in [5, 5.41) is 3.73. The number of nitrogens with zero attached hydrogens (tertiary/aromatic N) is 4. The molecule has 0 aromatic carbocycles. The van der Waals surface area contributed by atoms with Crippen molar-refractivity contribution in [3.8, 4) is 22.3 Å². The maximum Gasteiger partial charge on any atom is 0.248 e. The summed E-state index contributed by atoms with van der Waals surface area (Å²) in [6.45, 7) is 5.78. The number of aromatic nitrogens is 4. The number of rotatable bonds is 4. The standard InChI is InChI=1S/C25H28B2F2N4O/c1-14-4-5-17(11-30-14)20-13-33(25(26,27)19-6-8-24(28,29)9-7-19)21-10-18(12-31-23(20)21)22-15(2)32-34-16(22)3/h4-5,10-13,19H,6-9,26-27H2,1-3H3. The van der Waals surface area contributed by atoms with Crippen LogP contribution < -0.4 is 0 Å². The highest BCUT2D eigenvalue weighted by Gasteiger charge is 2.41. The first-order chi connectivity index (χ1) is 16.1. The highest BCUT2D eigenvalue weighted by molar-refractivity contribution is 6.38. The molecule has 5 rings (SSSR count). The van der Waals surface area contributed by atoms with E-state index in [1.165, 1.54) is 0 Å². The SMILES string of the molecule is BC(B)(C1CCC(F)(F)CC1)n1cc(-c2ccc(C)nc2)c2ncc(-c3c(C)noc3C)cc21. The Hall–Kier alpha value is -2.96. The Bertz CT molecular complexity index is 1330. The summed E-state index contributed by atoms with van der Waals surface area (Å²) in [6, 6.07) is 6.17. The molecule has 4 aromatic heterocycles. The van der Waals surface area contributed by atoms with E-state index in [0.29, 0.717) is 12.8 Å².